The van der Waals surface area contributed by atoms with Gasteiger partial charge in [0.15, 0.2) is 17.6 Å². The van der Waals surface area contributed by atoms with Crippen LogP contribution in [0.4, 0.5) is 8.78 Å². The maximum atomic E-state index is 13.9. The maximum Gasteiger partial charge on any atom is 0.341 e. The van der Waals surface area contributed by atoms with Crippen LogP contribution in [0.3, 0.4) is 0 Å². The van der Waals surface area contributed by atoms with Gasteiger partial charge in [0, 0.05) is 6.42 Å². The van der Waals surface area contributed by atoms with Gasteiger partial charge in [0.25, 0.3) is 0 Å². The van der Waals surface area contributed by atoms with Crippen LogP contribution in [-0.4, -0.2) is 25.3 Å². The lowest BCUT2D eigenvalue weighted by molar-refractivity contribution is -0.147. The van der Waals surface area contributed by atoms with Gasteiger partial charge in [0.2, 0.25) is 11.6 Å². The van der Waals surface area contributed by atoms with Crippen LogP contribution in [0.2, 0.25) is 0 Å². The summed E-state index contributed by atoms with van der Waals surface area (Å²) >= 11 is 0. The lowest BCUT2D eigenvalue weighted by Gasteiger charge is -2.21. The van der Waals surface area contributed by atoms with Crippen LogP contribution in [-0.2, 0) is 9.53 Å². The molecule has 0 fully saturated rings. The van der Waals surface area contributed by atoms with Crippen molar-refractivity contribution in [1.29, 1.82) is 0 Å². The Hall–Kier alpha value is -1.95. The summed E-state index contributed by atoms with van der Waals surface area (Å²) in [4.78, 5) is 12.0. The predicted molar refractivity (Wildman–Crippen MR) is 80.5 cm³/mol. The van der Waals surface area contributed by atoms with Crippen LogP contribution in [0, 0.1) is 11.6 Å². The summed E-state index contributed by atoms with van der Waals surface area (Å²) in [6, 6.07) is 2.40. The second kappa shape index (κ2) is 8.06. The van der Waals surface area contributed by atoms with E-state index in [1.54, 1.807) is 6.92 Å². The van der Waals surface area contributed by atoms with E-state index in [4.69, 9.17) is 14.2 Å². The molecule has 0 spiro atoms. The minimum atomic E-state index is -1.25. The summed E-state index contributed by atoms with van der Waals surface area (Å²) in [6.45, 7) is 4.28. The second-order valence-electron chi connectivity index (χ2n) is 5.19. The van der Waals surface area contributed by atoms with Crippen LogP contribution in [0.25, 0.3) is 0 Å². The van der Waals surface area contributed by atoms with Gasteiger partial charge in [-0.15, -0.1) is 0 Å². The van der Waals surface area contributed by atoms with Crippen molar-refractivity contribution in [2.45, 2.75) is 39.2 Å². The molecular weight excluding hydrogens is 306 g/mol. The van der Waals surface area contributed by atoms with E-state index in [0.717, 1.165) is 18.4 Å². The van der Waals surface area contributed by atoms with Gasteiger partial charge in [-0.25, -0.2) is 4.79 Å². The molecule has 4 nitrogen and oxygen atoms in total. The molecule has 0 aliphatic carbocycles. The van der Waals surface area contributed by atoms with Crippen molar-refractivity contribution in [2.75, 3.05) is 13.2 Å². The van der Waals surface area contributed by atoms with Crippen molar-refractivity contribution >= 4 is 5.97 Å². The summed E-state index contributed by atoms with van der Waals surface area (Å²) in [7, 11) is 0. The highest BCUT2D eigenvalue weighted by Crippen LogP contribution is 2.28. The molecule has 1 aromatic carbocycles. The Kier molecular flexibility index (Phi) is 6.10. The Morgan fingerprint density at radius 2 is 1.96 bits per heavy atom. The molecule has 1 unspecified atom stereocenters. The normalized spacial score (nSPS) is 17.6. The third kappa shape index (κ3) is 4.28. The first-order valence-corrected chi connectivity index (χ1v) is 7.68. The number of hydrogen-bond donors (Lipinski definition) is 0. The topological polar surface area (TPSA) is 44.8 Å². The number of carbonyl (C=O) groups is 1. The van der Waals surface area contributed by atoms with Crippen molar-refractivity contribution < 1.29 is 27.8 Å². The Morgan fingerprint density at radius 1 is 1.26 bits per heavy atom. The molecule has 0 N–H and O–H groups in total. The van der Waals surface area contributed by atoms with E-state index in [2.05, 4.69) is 6.92 Å². The molecule has 1 aromatic rings. The van der Waals surface area contributed by atoms with Crippen LogP contribution in [0.5, 0.6) is 11.5 Å². The van der Waals surface area contributed by atoms with Crippen molar-refractivity contribution in [2.24, 2.45) is 0 Å². The SMILES string of the molecule is CCCC1=CCC(C(=O)Oc2ccc(OCC)c(F)c2F)OC1. The summed E-state index contributed by atoms with van der Waals surface area (Å²) in [6.07, 6.45) is 3.43. The van der Waals surface area contributed by atoms with E-state index >= 15 is 0 Å². The smallest absolute Gasteiger partial charge is 0.341 e. The summed E-state index contributed by atoms with van der Waals surface area (Å²) in [5.74, 6) is -3.85. The molecule has 0 saturated heterocycles. The van der Waals surface area contributed by atoms with Crippen molar-refractivity contribution in [3.8, 4) is 11.5 Å². The minimum absolute atomic E-state index is 0.206. The van der Waals surface area contributed by atoms with E-state index in [0.29, 0.717) is 13.0 Å². The fourth-order valence-electron chi connectivity index (χ4n) is 2.30. The summed E-state index contributed by atoms with van der Waals surface area (Å²) in [5.41, 5.74) is 1.13. The van der Waals surface area contributed by atoms with E-state index in [9.17, 15) is 13.6 Å². The van der Waals surface area contributed by atoms with Gasteiger partial charge in [-0.1, -0.05) is 19.4 Å². The first-order valence-electron chi connectivity index (χ1n) is 7.68. The Bertz CT molecular complexity index is 599. The van der Waals surface area contributed by atoms with Gasteiger partial charge in [0.1, 0.15) is 0 Å². The molecule has 1 heterocycles. The zero-order valence-corrected chi connectivity index (χ0v) is 13.2. The molecule has 0 bridgehead atoms. The first kappa shape index (κ1) is 17.4. The molecule has 0 amide bonds. The van der Waals surface area contributed by atoms with Crippen LogP contribution in [0.15, 0.2) is 23.8 Å². The van der Waals surface area contributed by atoms with Crippen LogP contribution < -0.4 is 9.47 Å². The van der Waals surface area contributed by atoms with Crippen molar-refractivity contribution in [3.63, 3.8) is 0 Å². The van der Waals surface area contributed by atoms with E-state index < -0.39 is 29.5 Å². The molecule has 1 atom stereocenters. The molecule has 126 valence electrons. The average molecular weight is 326 g/mol. The number of ether oxygens (including phenoxy) is 3. The molecule has 6 heteroatoms. The predicted octanol–water partition coefficient (Wildman–Crippen LogP) is 3.78. The second-order valence-corrected chi connectivity index (χ2v) is 5.19. The first-order chi connectivity index (χ1) is 11.1. The van der Waals surface area contributed by atoms with Gasteiger partial charge in [0.05, 0.1) is 13.2 Å². The number of esters is 1. The van der Waals surface area contributed by atoms with Crippen molar-refractivity contribution in [3.05, 3.63) is 35.4 Å². The number of hydrogen-bond acceptors (Lipinski definition) is 4. The molecule has 1 aliphatic heterocycles. The van der Waals surface area contributed by atoms with Crippen LogP contribution in [0.1, 0.15) is 33.1 Å². The highest BCUT2D eigenvalue weighted by molar-refractivity contribution is 5.77. The number of carbonyl (C=O) groups excluding carboxylic acids is 1. The molecule has 1 aliphatic rings. The van der Waals surface area contributed by atoms with E-state index in [-0.39, 0.29) is 12.4 Å². The summed E-state index contributed by atoms with van der Waals surface area (Å²) < 4.78 is 42.9. The molecule has 23 heavy (non-hydrogen) atoms. The minimum Gasteiger partial charge on any atom is -0.491 e. The monoisotopic (exact) mass is 326 g/mol. The number of benzene rings is 1. The lowest BCUT2D eigenvalue weighted by atomic mass is 10.1. The lowest BCUT2D eigenvalue weighted by Crippen LogP contribution is -2.31. The van der Waals surface area contributed by atoms with Gasteiger partial charge >= 0.3 is 5.97 Å². The average Bonchev–Trinajstić information content (AvgIpc) is 2.55. The van der Waals surface area contributed by atoms with Gasteiger partial charge in [-0.2, -0.15) is 8.78 Å². The highest BCUT2D eigenvalue weighted by Gasteiger charge is 2.26. The summed E-state index contributed by atoms with van der Waals surface area (Å²) in [5, 5.41) is 0. The molecular formula is C17H20F2O4. The number of halogens is 2. The third-order valence-electron chi connectivity index (χ3n) is 3.45. The molecule has 0 radical (unpaired) electrons. The Morgan fingerprint density at radius 3 is 2.57 bits per heavy atom. The fourth-order valence-corrected chi connectivity index (χ4v) is 2.30. The molecule has 2 rings (SSSR count). The quantitative estimate of drug-likeness (QED) is 0.453. The third-order valence-corrected chi connectivity index (χ3v) is 3.45. The Labute approximate surface area is 134 Å². The van der Waals surface area contributed by atoms with E-state index in [1.165, 1.54) is 12.1 Å². The highest BCUT2D eigenvalue weighted by atomic mass is 19.2. The largest absolute Gasteiger partial charge is 0.491 e. The number of rotatable bonds is 6. The zero-order valence-electron chi connectivity index (χ0n) is 13.2. The molecule has 0 aromatic heterocycles. The van der Waals surface area contributed by atoms with Crippen LogP contribution >= 0.6 is 0 Å². The van der Waals surface area contributed by atoms with E-state index in [1.807, 2.05) is 6.08 Å². The van der Waals surface area contributed by atoms with Gasteiger partial charge in [-0.3, -0.25) is 0 Å². The molecule has 0 saturated carbocycles. The fraction of sp³-hybridized carbons (Fsp3) is 0.471. The standard InChI is InChI=1S/C17H20F2O4/c1-3-5-11-6-7-14(22-10-11)17(20)23-13-9-8-12(21-4-2)15(18)16(13)19/h6,8-9,14H,3-5,7,10H2,1-2H3. The zero-order chi connectivity index (χ0) is 16.8. The van der Waals surface area contributed by atoms with Gasteiger partial charge < -0.3 is 14.2 Å². The van der Waals surface area contributed by atoms with Gasteiger partial charge in [-0.05, 0) is 31.1 Å². The maximum absolute atomic E-state index is 13.9. The Balaban J connectivity index is 2.02. The van der Waals surface area contributed by atoms with Crippen molar-refractivity contribution in [1.82, 2.24) is 0 Å².